The summed E-state index contributed by atoms with van der Waals surface area (Å²) in [5.74, 6) is 1.50. The summed E-state index contributed by atoms with van der Waals surface area (Å²) in [5, 5.41) is 7.20. The Morgan fingerprint density at radius 3 is 1.53 bits per heavy atom. The van der Waals surface area contributed by atoms with Crippen LogP contribution < -0.4 is 10.6 Å². The van der Waals surface area contributed by atoms with Crippen molar-refractivity contribution in [2.24, 2.45) is 0 Å². The second kappa shape index (κ2) is 10.2. The van der Waals surface area contributed by atoms with Crippen LogP contribution in [-0.4, -0.2) is 32.0 Å². The lowest BCUT2D eigenvalue weighted by molar-refractivity contribution is 0.362. The van der Waals surface area contributed by atoms with Gasteiger partial charge in [0.15, 0.2) is 11.6 Å². The minimum absolute atomic E-state index is 0.0426. The summed E-state index contributed by atoms with van der Waals surface area (Å²) in [6.45, 7) is 6.89. The highest BCUT2D eigenvalue weighted by Crippen LogP contribution is 2.16. The van der Waals surface area contributed by atoms with Gasteiger partial charge in [-0.3, -0.25) is 0 Å². The molecule has 6 heteroatoms. The van der Waals surface area contributed by atoms with Gasteiger partial charge in [0.2, 0.25) is 0 Å². The molecule has 0 aliphatic carbocycles. The van der Waals surface area contributed by atoms with E-state index in [0.717, 1.165) is 42.4 Å². The highest BCUT2D eigenvalue weighted by Gasteiger charge is 2.16. The highest BCUT2D eigenvalue weighted by atomic mass is 15.0. The lowest BCUT2D eigenvalue weighted by atomic mass is 10.0. The highest BCUT2D eigenvalue weighted by molar-refractivity contribution is 5.55. The maximum atomic E-state index is 4.30. The lowest BCUT2D eigenvalue weighted by Gasteiger charge is -2.27. The number of hydrogen-bond donors (Lipinski definition) is 2. The van der Waals surface area contributed by atoms with Crippen LogP contribution in [0.2, 0.25) is 0 Å². The van der Waals surface area contributed by atoms with Crippen LogP contribution >= 0.6 is 0 Å². The molecule has 2 heterocycles. The number of hydrogen-bond acceptors (Lipinski definition) is 6. The van der Waals surface area contributed by atoms with Crippen LogP contribution in [-0.2, 0) is 13.1 Å². The third-order valence-electron chi connectivity index (χ3n) is 5.22. The SMILES string of the molecule is CC(C)(CNCc1ccc(-c2ncccn2)cc1)NCc1ccc(-c2ncccn2)cc1. The molecule has 2 aromatic heterocycles. The fraction of sp³-hybridized carbons (Fsp3) is 0.231. The van der Waals surface area contributed by atoms with E-state index in [4.69, 9.17) is 0 Å². The van der Waals surface area contributed by atoms with Gasteiger partial charge in [-0.25, -0.2) is 19.9 Å². The van der Waals surface area contributed by atoms with Gasteiger partial charge in [0.1, 0.15) is 0 Å². The first kappa shape index (κ1) is 21.7. The Hall–Kier alpha value is -3.48. The van der Waals surface area contributed by atoms with E-state index in [0.29, 0.717) is 0 Å². The zero-order valence-corrected chi connectivity index (χ0v) is 18.5. The topological polar surface area (TPSA) is 75.6 Å². The fourth-order valence-corrected chi connectivity index (χ4v) is 3.36. The summed E-state index contributed by atoms with van der Waals surface area (Å²) in [5.41, 5.74) is 4.48. The largest absolute Gasteiger partial charge is 0.311 e. The molecule has 6 nitrogen and oxygen atoms in total. The summed E-state index contributed by atoms with van der Waals surface area (Å²) >= 11 is 0. The van der Waals surface area contributed by atoms with Crippen molar-refractivity contribution in [3.8, 4) is 22.8 Å². The first-order valence-electron chi connectivity index (χ1n) is 10.8. The van der Waals surface area contributed by atoms with E-state index >= 15 is 0 Å². The monoisotopic (exact) mass is 424 g/mol. The van der Waals surface area contributed by atoms with Crippen molar-refractivity contribution in [2.75, 3.05) is 6.54 Å². The van der Waals surface area contributed by atoms with Gasteiger partial charge in [0.05, 0.1) is 0 Å². The molecule has 0 unspecified atom stereocenters. The quantitative estimate of drug-likeness (QED) is 0.418. The molecule has 0 spiro atoms. The first-order chi connectivity index (χ1) is 15.6. The van der Waals surface area contributed by atoms with Gasteiger partial charge in [-0.05, 0) is 37.1 Å². The molecule has 0 aliphatic heterocycles. The number of nitrogens with zero attached hydrogens (tertiary/aromatic N) is 4. The number of benzene rings is 2. The maximum Gasteiger partial charge on any atom is 0.159 e. The molecule has 4 rings (SSSR count). The summed E-state index contributed by atoms with van der Waals surface area (Å²) in [4.78, 5) is 17.2. The molecule has 0 saturated heterocycles. The predicted octanol–water partition coefficient (Wildman–Crippen LogP) is 4.26. The van der Waals surface area contributed by atoms with Crippen molar-refractivity contribution in [1.29, 1.82) is 0 Å². The van der Waals surface area contributed by atoms with E-state index in [9.17, 15) is 0 Å². The van der Waals surface area contributed by atoms with Gasteiger partial charge in [0.25, 0.3) is 0 Å². The Kier molecular flexibility index (Phi) is 6.94. The van der Waals surface area contributed by atoms with Gasteiger partial charge in [-0.15, -0.1) is 0 Å². The summed E-state index contributed by atoms with van der Waals surface area (Å²) < 4.78 is 0. The van der Waals surface area contributed by atoms with Crippen LogP contribution in [0.5, 0.6) is 0 Å². The van der Waals surface area contributed by atoms with E-state index in [-0.39, 0.29) is 5.54 Å². The first-order valence-corrected chi connectivity index (χ1v) is 10.8. The Labute approximate surface area is 189 Å². The molecule has 0 fully saturated rings. The van der Waals surface area contributed by atoms with Gasteiger partial charge >= 0.3 is 0 Å². The Bertz CT molecular complexity index is 1090. The Balaban J connectivity index is 1.24. The van der Waals surface area contributed by atoms with Crippen LogP contribution in [0.3, 0.4) is 0 Å². The van der Waals surface area contributed by atoms with Crippen LogP contribution in [0.15, 0.2) is 85.5 Å². The average molecular weight is 425 g/mol. The summed E-state index contributed by atoms with van der Waals surface area (Å²) in [6.07, 6.45) is 7.05. The number of nitrogens with one attached hydrogen (secondary N) is 2. The Morgan fingerprint density at radius 1 is 0.625 bits per heavy atom. The second-order valence-electron chi connectivity index (χ2n) is 8.38. The Morgan fingerprint density at radius 2 is 1.06 bits per heavy atom. The minimum atomic E-state index is -0.0426. The lowest BCUT2D eigenvalue weighted by Crippen LogP contribution is -2.47. The van der Waals surface area contributed by atoms with Gasteiger partial charge < -0.3 is 10.6 Å². The van der Waals surface area contributed by atoms with Gasteiger partial charge in [-0.2, -0.15) is 0 Å². The number of aromatic nitrogens is 4. The third-order valence-corrected chi connectivity index (χ3v) is 5.22. The van der Waals surface area contributed by atoms with Crippen molar-refractivity contribution in [3.63, 3.8) is 0 Å². The zero-order chi connectivity index (χ0) is 22.2. The third kappa shape index (κ3) is 6.03. The molecule has 0 saturated carbocycles. The van der Waals surface area contributed by atoms with E-state index in [1.165, 1.54) is 11.1 Å². The fourth-order valence-electron chi connectivity index (χ4n) is 3.36. The average Bonchev–Trinajstić information content (AvgIpc) is 2.85. The molecule has 0 aliphatic rings. The van der Waals surface area contributed by atoms with E-state index in [1.807, 2.05) is 12.1 Å². The van der Waals surface area contributed by atoms with Crippen molar-refractivity contribution in [3.05, 3.63) is 96.6 Å². The molecule has 32 heavy (non-hydrogen) atoms. The van der Waals surface area contributed by atoms with Crippen LogP contribution in [0.4, 0.5) is 0 Å². The summed E-state index contributed by atoms with van der Waals surface area (Å²) in [6, 6.07) is 20.4. The number of rotatable bonds is 9. The molecular formula is C26H28N6. The van der Waals surface area contributed by atoms with E-state index in [2.05, 4.69) is 92.9 Å². The molecule has 0 bridgehead atoms. The maximum absolute atomic E-state index is 4.30. The molecule has 2 N–H and O–H groups in total. The molecule has 162 valence electrons. The van der Waals surface area contributed by atoms with E-state index < -0.39 is 0 Å². The normalized spacial score (nSPS) is 11.4. The van der Waals surface area contributed by atoms with Gasteiger partial charge in [-0.1, -0.05) is 48.5 Å². The molecule has 0 atom stereocenters. The van der Waals surface area contributed by atoms with Crippen molar-refractivity contribution >= 4 is 0 Å². The van der Waals surface area contributed by atoms with Crippen LogP contribution in [0, 0.1) is 0 Å². The minimum Gasteiger partial charge on any atom is -0.311 e. The molecule has 0 amide bonds. The van der Waals surface area contributed by atoms with Crippen LogP contribution in [0.1, 0.15) is 25.0 Å². The summed E-state index contributed by atoms with van der Waals surface area (Å²) in [7, 11) is 0. The standard InChI is InChI=1S/C26H28N6/c1-26(2,32-18-21-7-11-23(12-8-21)25-30-15-4-16-31-25)19-27-17-20-5-9-22(10-6-20)24-28-13-3-14-29-24/h3-16,27,32H,17-19H2,1-2H3. The molecule has 4 aromatic rings. The predicted molar refractivity (Wildman–Crippen MR) is 128 cm³/mol. The van der Waals surface area contributed by atoms with Crippen LogP contribution in [0.25, 0.3) is 22.8 Å². The van der Waals surface area contributed by atoms with Gasteiger partial charge in [0, 0.05) is 61.1 Å². The second-order valence-corrected chi connectivity index (χ2v) is 8.38. The van der Waals surface area contributed by atoms with Crippen molar-refractivity contribution < 1.29 is 0 Å². The smallest absolute Gasteiger partial charge is 0.159 e. The zero-order valence-electron chi connectivity index (χ0n) is 18.5. The molecular weight excluding hydrogens is 396 g/mol. The van der Waals surface area contributed by atoms with Crippen molar-refractivity contribution in [2.45, 2.75) is 32.5 Å². The van der Waals surface area contributed by atoms with E-state index in [1.54, 1.807) is 24.8 Å². The van der Waals surface area contributed by atoms with Crippen molar-refractivity contribution in [1.82, 2.24) is 30.6 Å². The molecule has 2 aromatic carbocycles. The molecule has 0 radical (unpaired) electrons.